The van der Waals surface area contributed by atoms with E-state index < -0.39 is 0 Å². The summed E-state index contributed by atoms with van der Waals surface area (Å²) in [5, 5.41) is 0. The fourth-order valence-electron chi connectivity index (χ4n) is 4.91. The van der Waals surface area contributed by atoms with E-state index in [1.54, 1.807) is 0 Å². The molecule has 6 rings (SSSR count). The normalized spacial score (nSPS) is 11.4. The molecule has 34 heavy (non-hydrogen) atoms. The van der Waals surface area contributed by atoms with E-state index in [1.165, 1.54) is 33.8 Å². The molecule has 4 nitrogen and oxygen atoms in total. The van der Waals surface area contributed by atoms with Gasteiger partial charge in [0, 0.05) is 23.3 Å². The topological polar surface area (TPSA) is 18.1 Å². The Morgan fingerprint density at radius 1 is 0.471 bits per heavy atom. The van der Waals surface area contributed by atoms with E-state index in [0.29, 0.717) is 0 Å². The Labute approximate surface area is 199 Å². The number of benzene rings is 2. The van der Waals surface area contributed by atoms with E-state index >= 15 is 0 Å². The molecule has 4 aromatic heterocycles. The number of hydrogen-bond acceptors (Lipinski definition) is 0. The molecule has 2 aromatic carbocycles. The average molecular weight is 445 g/mol. The second-order valence-corrected chi connectivity index (χ2v) is 8.70. The van der Waals surface area contributed by atoms with Gasteiger partial charge in [0.05, 0.1) is 25.5 Å². The predicted octanol–water partition coefficient (Wildman–Crippen LogP) is 5.58. The van der Waals surface area contributed by atoms with E-state index in [2.05, 4.69) is 140 Å². The Morgan fingerprint density at radius 2 is 0.882 bits per heavy atom. The minimum absolute atomic E-state index is 0.984. The van der Waals surface area contributed by atoms with Crippen LogP contribution in [-0.2, 0) is 13.1 Å². The molecular formula is C30H28N4+2. The maximum Gasteiger partial charge on any atom is 0.286 e. The van der Waals surface area contributed by atoms with E-state index in [1.807, 2.05) is 0 Å². The fourth-order valence-corrected chi connectivity index (χ4v) is 4.91. The number of nitrogens with zero attached hydrogens (tertiary/aromatic N) is 4. The Balaban J connectivity index is 1.27. The molecule has 0 fully saturated rings. The van der Waals surface area contributed by atoms with Crippen LogP contribution in [0.25, 0.3) is 33.8 Å². The van der Waals surface area contributed by atoms with Crippen LogP contribution in [0.5, 0.6) is 0 Å². The Morgan fingerprint density at radius 3 is 1.32 bits per heavy atom. The molecule has 166 valence electrons. The van der Waals surface area contributed by atoms with Gasteiger partial charge < -0.3 is 0 Å². The number of fused-ring (bicyclic) bond motifs is 2. The molecular weight excluding hydrogens is 416 g/mol. The first-order valence-electron chi connectivity index (χ1n) is 12.0. The first kappa shape index (κ1) is 20.4. The molecule has 0 spiro atoms. The highest BCUT2D eigenvalue weighted by atomic mass is 15.1. The summed E-state index contributed by atoms with van der Waals surface area (Å²) < 4.78 is 9.36. The lowest BCUT2D eigenvalue weighted by molar-refractivity contribution is -0.510. The summed E-state index contributed by atoms with van der Waals surface area (Å²) >= 11 is 0. The Hall–Kier alpha value is -4.18. The van der Waals surface area contributed by atoms with Crippen molar-refractivity contribution in [3.05, 3.63) is 122 Å². The van der Waals surface area contributed by atoms with Crippen molar-refractivity contribution in [1.29, 1.82) is 0 Å². The third kappa shape index (κ3) is 3.77. The number of aromatic nitrogens is 4. The SMILES string of the molecule is c1ccc(-c2c[n+]3ccccc3n2CCCCn2c(-c3ccccc3)c[n+]3ccccc23)cc1. The molecule has 6 aromatic rings. The van der Waals surface area contributed by atoms with Gasteiger partial charge in [0.15, 0.2) is 11.4 Å². The van der Waals surface area contributed by atoms with Crippen LogP contribution in [0.1, 0.15) is 12.8 Å². The number of hydrogen-bond donors (Lipinski definition) is 0. The minimum Gasteiger partial charge on any atom is -0.223 e. The molecule has 0 bridgehead atoms. The minimum atomic E-state index is 0.984. The van der Waals surface area contributed by atoms with Crippen molar-refractivity contribution in [2.75, 3.05) is 0 Å². The van der Waals surface area contributed by atoms with Crippen LogP contribution < -0.4 is 8.80 Å². The largest absolute Gasteiger partial charge is 0.286 e. The molecule has 0 amide bonds. The fraction of sp³-hybridized carbons (Fsp3) is 0.133. The number of pyridine rings is 2. The first-order chi connectivity index (χ1) is 16.9. The van der Waals surface area contributed by atoms with Gasteiger partial charge in [-0.1, -0.05) is 72.8 Å². The summed E-state index contributed by atoms with van der Waals surface area (Å²) in [5.41, 5.74) is 7.50. The highest BCUT2D eigenvalue weighted by Gasteiger charge is 2.20. The third-order valence-electron chi connectivity index (χ3n) is 6.55. The van der Waals surface area contributed by atoms with Crippen molar-refractivity contribution in [2.45, 2.75) is 25.9 Å². The van der Waals surface area contributed by atoms with Crippen LogP contribution in [-0.4, -0.2) is 9.13 Å². The standard InChI is InChI=1S/C30H28N4/c1-3-13-25(14-4-1)27-23-31-19-9-7-17-29(31)33(27)21-11-12-22-34-28(26-15-5-2-6-16-26)24-32-20-10-8-18-30(32)34/h1-10,13-20,23-24H,11-12,21-22H2/q+2. The summed E-state index contributed by atoms with van der Waals surface area (Å²) in [4.78, 5) is 0. The zero-order chi connectivity index (χ0) is 22.7. The lowest BCUT2D eigenvalue weighted by Crippen LogP contribution is -2.18. The molecule has 0 aliphatic carbocycles. The van der Waals surface area contributed by atoms with Gasteiger partial charge in [-0.2, -0.15) is 0 Å². The molecule has 0 saturated carbocycles. The van der Waals surface area contributed by atoms with Gasteiger partial charge in [0.25, 0.3) is 11.3 Å². The number of aryl methyl sites for hydroxylation is 2. The average Bonchev–Trinajstić information content (AvgIpc) is 3.46. The molecule has 0 atom stereocenters. The maximum absolute atomic E-state index is 2.45. The van der Waals surface area contributed by atoms with Crippen molar-refractivity contribution < 1.29 is 8.80 Å². The van der Waals surface area contributed by atoms with Crippen LogP contribution in [0, 0.1) is 0 Å². The van der Waals surface area contributed by atoms with Gasteiger partial charge in [-0.15, -0.1) is 0 Å². The number of rotatable bonds is 7. The highest BCUT2D eigenvalue weighted by molar-refractivity contribution is 5.62. The van der Waals surface area contributed by atoms with Crippen LogP contribution in [0.4, 0.5) is 0 Å². The second-order valence-electron chi connectivity index (χ2n) is 8.70. The maximum atomic E-state index is 2.45. The summed E-state index contributed by atoms with van der Waals surface area (Å²) in [6.07, 6.45) is 11.0. The number of unbranched alkanes of at least 4 members (excludes halogenated alkanes) is 1. The lowest BCUT2D eigenvalue weighted by Gasteiger charge is -2.05. The molecule has 0 aliphatic rings. The molecule has 0 aliphatic heterocycles. The van der Waals surface area contributed by atoms with Crippen LogP contribution in [0.15, 0.2) is 122 Å². The lowest BCUT2D eigenvalue weighted by atomic mass is 10.1. The quantitative estimate of drug-likeness (QED) is 0.226. The molecule has 0 saturated heterocycles. The van der Waals surface area contributed by atoms with Gasteiger partial charge in [0.2, 0.25) is 0 Å². The zero-order valence-electron chi connectivity index (χ0n) is 19.2. The first-order valence-corrected chi connectivity index (χ1v) is 12.0. The van der Waals surface area contributed by atoms with Crippen LogP contribution in [0.2, 0.25) is 0 Å². The van der Waals surface area contributed by atoms with Gasteiger partial charge in [0.1, 0.15) is 12.4 Å². The summed E-state index contributed by atoms with van der Waals surface area (Å²) in [5.74, 6) is 0. The van der Waals surface area contributed by atoms with Crippen molar-refractivity contribution in [2.24, 2.45) is 0 Å². The summed E-state index contributed by atoms with van der Waals surface area (Å²) in [6, 6.07) is 34.2. The van der Waals surface area contributed by atoms with Crippen LogP contribution in [0.3, 0.4) is 0 Å². The van der Waals surface area contributed by atoms with Gasteiger partial charge in [-0.05, 0) is 25.0 Å². The molecule has 4 heteroatoms. The molecule has 0 N–H and O–H groups in total. The van der Waals surface area contributed by atoms with Crippen LogP contribution >= 0.6 is 0 Å². The van der Waals surface area contributed by atoms with E-state index in [4.69, 9.17) is 0 Å². The Bertz CT molecular complexity index is 1430. The summed E-state index contributed by atoms with van der Waals surface area (Å²) in [7, 11) is 0. The smallest absolute Gasteiger partial charge is 0.223 e. The van der Waals surface area contributed by atoms with Gasteiger partial charge in [-0.25, -0.2) is 17.9 Å². The molecule has 0 unspecified atom stereocenters. The van der Waals surface area contributed by atoms with E-state index in [-0.39, 0.29) is 0 Å². The van der Waals surface area contributed by atoms with Crippen molar-refractivity contribution >= 4 is 11.3 Å². The zero-order valence-corrected chi connectivity index (χ0v) is 19.2. The second kappa shape index (κ2) is 8.99. The molecule has 0 radical (unpaired) electrons. The van der Waals surface area contributed by atoms with Crippen molar-refractivity contribution in [3.63, 3.8) is 0 Å². The van der Waals surface area contributed by atoms with Crippen molar-refractivity contribution in [1.82, 2.24) is 9.13 Å². The third-order valence-corrected chi connectivity index (χ3v) is 6.55. The molecule has 4 heterocycles. The number of imidazole rings is 2. The monoisotopic (exact) mass is 444 g/mol. The summed E-state index contributed by atoms with van der Waals surface area (Å²) in [6.45, 7) is 1.97. The highest BCUT2D eigenvalue weighted by Crippen LogP contribution is 2.23. The van der Waals surface area contributed by atoms with Crippen molar-refractivity contribution in [3.8, 4) is 22.5 Å². The van der Waals surface area contributed by atoms with E-state index in [0.717, 1.165) is 25.9 Å². The van der Waals surface area contributed by atoms with Gasteiger partial charge >= 0.3 is 0 Å². The predicted molar refractivity (Wildman–Crippen MR) is 135 cm³/mol. The van der Waals surface area contributed by atoms with E-state index in [9.17, 15) is 0 Å². The van der Waals surface area contributed by atoms with Gasteiger partial charge in [-0.3, -0.25) is 0 Å². The Kier molecular flexibility index (Phi) is 5.40.